The average molecular weight is 209 g/mol. The van der Waals surface area contributed by atoms with Gasteiger partial charge in [-0.3, -0.25) is 0 Å². The second-order valence-electron chi connectivity index (χ2n) is 3.69. The summed E-state index contributed by atoms with van der Waals surface area (Å²) in [6.07, 6.45) is 7.13. The van der Waals surface area contributed by atoms with Gasteiger partial charge in [-0.2, -0.15) is 0 Å². The molecule has 1 aromatic rings. The van der Waals surface area contributed by atoms with E-state index in [2.05, 4.69) is 9.97 Å². The molecule has 1 aromatic heterocycles. The van der Waals surface area contributed by atoms with Gasteiger partial charge >= 0.3 is 0 Å². The third-order valence-electron chi connectivity index (χ3n) is 2.70. The van der Waals surface area contributed by atoms with Gasteiger partial charge in [-0.1, -0.05) is 24.6 Å². The third-order valence-corrected chi connectivity index (χ3v) is 3.25. The van der Waals surface area contributed by atoms with E-state index in [1.807, 2.05) is 12.3 Å². The molecule has 1 aliphatic rings. The van der Waals surface area contributed by atoms with Gasteiger partial charge in [0, 0.05) is 12.0 Å². The molecule has 4 heteroatoms. The summed E-state index contributed by atoms with van der Waals surface area (Å²) >= 11 is 1.55. The molecule has 0 saturated heterocycles. The fraction of sp³-hybridized carbons (Fsp3) is 0.600. The van der Waals surface area contributed by atoms with Gasteiger partial charge in [0.2, 0.25) is 0 Å². The lowest BCUT2D eigenvalue weighted by molar-refractivity contribution is 0.680. The lowest BCUT2D eigenvalue weighted by atomic mass is 10.0. The molecular weight excluding hydrogens is 194 g/mol. The van der Waals surface area contributed by atoms with Gasteiger partial charge in [-0.25, -0.2) is 9.97 Å². The molecule has 1 fully saturated rings. The Bertz CT molecular complexity index is 321. The van der Waals surface area contributed by atoms with Crippen molar-refractivity contribution in [2.24, 2.45) is 0 Å². The first kappa shape index (κ1) is 9.77. The minimum atomic E-state index is 0.603. The number of thioether (sulfide) groups is 1. The van der Waals surface area contributed by atoms with Crippen LogP contribution < -0.4 is 5.73 Å². The van der Waals surface area contributed by atoms with Gasteiger partial charge in [0.1, 0.15) is 5.82 Å². The molecule has 1 aliphatic carbocycles. The summed E-state index contributed by atoms with van der Waals surface area (Å²) in [6.45, 7) is 0. The van der Waals surface area contributed by atoms with Crippen molar-refractivity contribution >= 4 is 17.6 Å². The van der Waals surface area contributed by atoms with Crippen LogP contribution in [0.5, 0.6) is 0 Å². The van der Waals surface area contributed by atoms with Crippen molar-refractivity contribution in [3.63, 3.8) is 0 Å². The minimum Gasteiger partial charge on any atom is -0.384 e. The van der Waals surface area contributed by atoms with Crippen LogP contribution in [0.4, 0.5) is 5.82 Å². The number of anilines is 1. The molecule has 2 N–H and O–H groups in total. The lowest BCUT2D eigenvalue weighted by Gasteiger charge is -2.09. The number of rotatable bonds is 2. The van der Waals surface area contributed by atoms with Crippen LogP contribution in [-0.4, -0.2) is 16.2 Å². The number of aromatic nitrogens is 2. The summed E-state index contributed by atoms with van der Waals surface area (Å²) in [4.78, 5) is 8.66. The first-order valence-electron chi connectivity index (χ1n) is 4.98. The van der Waals surface area contributed by atoms with E-state index in [-0.39, 0.29) is 0 Å². The van der Waals surface area contributed by atoms with Crippen molar-refractivity contribution in [1.82, 2.24) is 9.97 Å². The Morgan fingerprint density at radius 3 is 2.71 bits per heavy atom. The Labute approximate surface area is 88.5 Å². The monoisotopic (exact) mass is 209 g/mol. The van der Waals surface area contributed by atoms with E-state index in [1.54, 1.807) is 11.8 Å². The molecule has 3 nitrogen and oxygen atoms in total. The summed E-state index contributed by atoms with van der Waals surface area (Å²) in [5, 5.41) is 0.798. The third kappa shape index (κ3) is 2.00. The summed E-state index contributed by atoms with van der Waals surface area (Å²) < 4.78 is 0. The zero-order valence-electron chi connectivity index (χ0n) is 8.36. The Morgan fingerprint density at radius 1 is 1.36 bits per heavy atom. The van der Waals surface area contributed by atoms with Gasteiger partial charge in [0.25, 0.3) is 0 Å². The van der Waals surface area contributed by atoms with E-state index in [0.717, 1.165) is 10.9 Å². The van der Waals surface area contributed by atoms with Gasteiger partial charge in [-0.05, 0) is 19.1 Å². The molecule has 0 aliphatic heterocycles. The molecule has 0 spiro atoms. The number of hydrogen-bond donors (Lipinski definition) is 1. The molecule has 76 valence electrons. The molecule has 0 aromatic carbocycles. The zero-order valence-corrected chi connectivity index (χ0v) is 9.18. The highest BCUT2D eigenvalue weighted by atomic mass is 32.2. The maximum absolute atomic E-state index is 5.74. The molecule has 1 heterocycles. The molecule has 0 radical (unpaired) electrons. The molecule has 0 bridgehead atoms. The first-order valence-corrected chi connectivity index (χ1v) is 6.20. The summed E-state index contributed by atoms with van der Waals surface area (Å²) in [5.41, 5.74) is 6.88. The Morgan fingerprint density at radius 2 is 2.07 bits per heavy atom. The van der Waals surface area contributed by atoms with Crippen LogP contribution in [0.2, 0.25) is 0 Å². The Hall–Kier alpha value is -0.770. The number of hydrogen-bond acceptors (Lipinski definition) is 4. The van der Waals surface area contributed by atoms with Crippen molar-refractivity contribution in [3.8, 4) is 0 Å². The average Bonchev–Trinajstić information content (AvgIpc) is 2.69. The molecule has 0 unspecified atom stereocenters. The lowest BCUT2D eigenvalue weighted by Crippen LogP contribution is -2.02. The van der Waals surface area contributed by atoms with Crippen LogP contribution in [0.3, 0.4) is 0 Å². The van der Waals surface area contributed by atoms with Crippen LogP contribution in [0.25, 0.3) is 0 Å². The van der Waals surface area contributed by atoms with Crippen molar-refractivity contribution < 1.29 is 0 Å². The largest absolute Gasteiger partial charge is 0.384 e. The standard InChI is InChI=1S/C10H15N3S/c1-14-10-12-8(6-9(11)13-10)7-4-2-3-5-7/h6-7H,2-5H2,1H3,(H2,11,12,13). The van der Waals surface area contributed by atoms with Crippen LogP contribution in [0, 0.1) is 0 Å². The zero-order chi connectivity index (χ0) is 9.97. The fourth-order valence-corrected chi connectivity index (χ4v) is 2.38. The topological polar surface area (TPSA) is 51.8 Å². The fourth-order valence-electron chi connectivity index (χ4n) is 1.98. The van der Waals surface area contributed by atoms with E-state index in [4.69, 9.17) is 5.73 Å². The number of nitrogens with two attached hydrogens (primary N) is 1. The summed E-state index contributed by atoms with van der Waals surface area (Å²) in [6, 6.07) is 1.93. The quantitative estimate of drug-likeness (QED) is 0.600. The van der Waals surface area contributed by atoms with E-state index < -0.39 is 0 Å². The normalized spacial score (nSPS) is 17.5. The summed E-state index contributed by atoms with van der Waals surface area (Å²) in [7, 11) is 0. The van der Waals surface area contributed by atoms with Gasteiger partial charge in [-0.15, -0.1) is 0 Å². The van der Waals surface area contributed by atoms with Crippen molar-refractivity contribution in [2.75, 3.05) is 12.0 Å². The molecule has 2 rings (SSSR count). The molecule has 1 saturated carbocycles. The molecule has 0 atom stereocenters. The van der Waals surface area contributed by atoms with Crippen LogP contribution in [0.15, 0.2) is 11.2 Å². The predicted molar refractivity (Wildman–Crippen MR) is 59.4 cm³/mol. The van der Waals surface area contributed by atoms with Crippen LogP contribution in [-0.2, 0) is 0 Å². The minimum absolute atomic E-state index is 0.603. The van der Waals surface area contributed by atoms with Gasteiger partial charge in [0.15, 0.2) is 5.16 Å². The van der Waals surface area contributed by atoms with Gasteiger partial charge in [0.05, 0.1) is 5.69 Å². The highest BCUT2D eigenvalue weighted by Crippen LogP contribution is 2.33. The molecular formula is C10H15N3S. The van der Waals surface area contributed by atoms with Crippen molar-refractivity contribution in [1.29, 1.82) is 0 Å². The number of nitrogen functional groups attached to an aromatic ring is 1. The highest BCUT2D eigenvalue weighted by Gasteiger charge is 2.19. The SMILES string of the molecule is CSc1nc(N)cc(C2CCCC2)n1. The maximum atomic E-state index is 5.74. The first-order chi connectivity index (χ1) is 6.79. The van der Waals surface area contributed by atoms with Gasteiger partial charge < -0.3 is 5.73 Å². The predicted octanol–water partition coefficient (Wildman–Crippen LogP) is 2.44. The maximum Gasteiger partial charge on any atom is 0.189 e. The van der Waals surface area contributed by atoms with E-state index >= 15 is 0 Å². The Balaban J connectivity index is 2.27. The highest BCUT2D eigenvalue weighted by molar-refractivity contribution is 7.98. The molecule has 0 amide bonds. The second-order valence-corrected chi connectivity index (χ2v) is 4.46. The second kappa shape index (κ2) is 4.17. The Kier molecular flexibility index (Phi) is 2.91. The van der Waals surface area contributed by atoms with Crippen LogP contribution in [0.1, 0.15) is 37.3 Å². The van der Waals surface area contributed by atoms with Crippen LogP contribution >= 0.6 is 11.8 Å². The van der Waals surface area contributed by atoms with E-state index in [1.165, 1.54) is 25.7 Å². The van der Waals surface area contributed by atoms with E-state index in [9.17, 15) is 0 Å². The van der Waals surface area contributed by atoms with E-state index in [0.29, 0.717) is 11.7 Å². The molecule has 14 heavy (non-hydrogen) atoms. The number of nitrogens with zero attached hydrogens (tertiary/aromatic N) is 2. The van der Waals surface area contributed by atoms with Crippen molar-refractivity contribution in [2.45, 2.75) is 36.8 Å². The summed E-state index contributed by atoms with van der Waals surface area (Å²) in [5.74, 6) is 1.22. The smallest absolute Gasteiger partial charge is 0.189 e. The van der Waals surface area contributed by atoms with Crippen molar-refractivity contribution in [3.05, 3.63) is 11.8 Å².